The van der Waals surface area contributed by atoms with Crippen LogP contribution in [0.3, 0.4) is 0 Å². The van der Waals surface area contributed by atoms with Gasteiger partial charge >= 0.3 is 0 Å². The highest BCUT2D eigenvalue weighted by Crippen LogP contribution is 2.40. The minimum Gasteiger partial charge on any atom is -0.507 e. The molecule has 162 valence electrons. The number of ether oxygens (including phenoxy) is 1. The summed E-state index contributed by atoms with van der Waals surface area (Å²) in [5.41, 5.74) is 1.92. The first-order chi connectivity index (χ1) is 15.6. The van der Waals surface area contributed by atoms with Crippen molar-refractivity contribution in [1.82, 2.24) is 14.9 Å². The Kier molecular flexibility index (Phi) is 6.26. The summed E-state index contributed by atoms with van der Waals surface area (Å²) in [5, 5.41) is 11.2. The molecule has 3 heterocycles. The van der Waals surface area contributed by atoms with E-state index in [0.717, 1.165) is 12.0 Å². The third kappa shape index (κ3) is 4.23. The normalized spacial score (nSPS) is 17.5. The van der Waals surface area contributed by atoms with Crippen molar-refractivity contribution < 1.29 is 19.4 Å². The van der Waals surface area contributed by atoms with Gasteiger partial charge in [-0.15, -0.1) is 0 Å². The van der Waals surface area contributed by atoms with Gasteiger partial charge < -0.3 is 14.7 Å². The number of Topliss-reactive ketones (excluding diaryl/α,β-unsaturated/α-hetero) is 1. The molecule has 1 atom stereocenters. The van der Waals surface area contributed by atoms with Gasteiger partial charge in [-0.25, -0.2) is 0 Å². The first-order valence-corrected chi connectivity index (χ1v) is 10.4. The predicted molar refractivity (Wildman–Crippen MR) is 119 cm³/mol. The van der Waals surface area contributed by atoms with E-state index in [-0.39, 0.29) is 17.9 Å². The molecule has 2 aromatic heterocycles. The highest BCUT2D eigenvalue weighted by molar-refractivity contribution is 6.46. The van der Waals surface area contributed by atoms with E-state index >= 15 is 0 Å². The molecule has 4 rings (SSSR count). The summed E-state index contributed by atoms with van der Waals surface area (Å²) >= 11 is 0. The second-order valence-electron chi connectivity index (χ2n) is 7.45. The molecule has 1 unspecified atom stereocenters. The summed E-state index contributed by atoms with van der Waals surface area (Å²) in [6.45, 7) is 2.72. The van der Waals surface area contributed by atoms with Crippen molar-refractivity contribution in [2.24, 2.45) is 0 Å². The van der Waals surface area contributed by atoms with E-state index < -0.39 is 17.7 Å². The maximum absolute atomic E-state index is 13.1. The molecule has 32 heavy (non-hydrogen) atoms. The molecule has 7 nitrogen and oxygen atoms in total. The Morgan fingerprint density at radius 3 is 2.59 bits per heavy atom. The van der Waals surface area contributed by atoms with Crippen LogP contribution in [0.1, 0.15) is 36.1 Å². The standard InChI is InChI=1S/C25H23N3O4/c1-2-13-32-20-7-3-6-19(14-20)23(29)21-22(18-8-11-26-12-9-18)28(25(31)24(21)30)16-17-5-4-10-27-15-17/h3-12,14-15,22,29H,2,13,16H2,1H3. The van der Waals surface area contributed by atoms with E-state index in [1.54, 1.807) is 67.3 Å². The van der Waals surface area contributed by atoms with Crippen molar-refractivity contribution in [1.29, 1.82) is 0 Å². The Morgan fingerprint density at radius 2 is 1.88 bits per heavy atom. The fraction of sp³-hybridized carbons (Fsp3) is 0.200. The lowest BCUT2D eigenvalue weighted by molar-refractivity contribution is -0.140. The van der Waals surface area contributed by atoms with Crippen molar-refractivity contribution in [2.45, 2.75) is 25.9 Å². The van der Waals surface area contributed by atoms with Gasteiger partial charge in [0, 0.05) is 36.9 Å². The number of aliphatic hydroxyl groups excluding tert-OH is 1. The third-order valence-electron chi connectivity index (χ3n) is 5.22. The van der Waals surface area contributed by atoms with Crippen LogP contribution in [0.4, 0.5) is 0 Å². The van der Waals surface area contributed by atoms with Gasteiger partial charge in [-0.3, -0.25) is 19.6 Å². The lowest BCUT2D eigenvalue weighted by Crippen LogP contribution is -2.29. The second kappa shape index (κ2) is 9.43. The van der Waals surface area contributed by atoms with Crippen LogP contribution in [-0.2, 0) is 16.1 Å². The average molecular weight is 429 g/mol. The van der Waals surface area contributed by atoms with Crippen LogP contribution in [0.5, 0.6) is 5.75 Å². The smallest absolute Gasteiger partial charge is 0.295 e. The number of carbonyl (C=O) groups excluding carboxylic acids is 2. The molecule has 0 saturated carbocycles. The van der Waals surface area contributed by atoms with Crippen molar-refractivity contribution in [2.75, 3.05) is 6.61 Å². The van der Waals surface area contributed by atoms with Gasteiger partial charge in [-0.2, -0.15) is 0 Å². The first kappa shape index (κ1) is 21.2. The van der Waals surface area contributed by atoms with E-state index in [1.807, 2.05) is 13.0 Å². The van der Waals surface area contributed by atoms with Crippen molar-refractivity contribution >= 4 is 17.4 Å². The summed E-state index contributed by atoms with van der Waals surface area (Å²) in [6, 6.07) is 13.2. The number of aromatic nitrogens is 2. The molecule has 0 aliphatic carbocycles. The number of hydrogen-bond donors (Lipinski definition) is 1. The quantitative estimate of drug-likeness (QED) is 0.348. The van der Waals surface area contributed by atoms with Gasteiger partial charge in [0.2, 0.25) is 0 Å². The zero-order chi connectivity index (χ0) is 22.5. The van der Waals surface area contributed by atoms with Gasteiger partial charge in [0.15, 0.2) is 0 Å². The monoisotopic (exact) mass is 429 g/mol. The number of nitrogens with zero attached hydrogens (tertiary/aromatic N) is 3. The van der Waals surface area contributed by atoms with Crippen LogP contribution >= 0.6 is 0 Å². The molecule has 0 radical (unpaired) electrons. The highest BCUT2D eigenvalue weighted by atomic mass is 16.5. The second-order valence-corrected chi connectivity index (χ2v) is 7.45. The Labute approximate surface area is 186 Å². The Hall–Kier alpha value is -4.00. The zero-order valence-electron chi connectivity index (χ0n) is 17.6. The summed E-state index contributed by atoms with van der Waals surface area (Å²) in [4.78, 5) is 35.7. The number of aliphatic hydroxyl groups is 1. The van der Waals surface area contributed by atoms with Crippen LogP contribution in [0.2, 0.25) is 0 Å². The molecule has 7 heteroatoms. The van der Waals surface area contributed by atoms with Crippen molar-refractivity contribution in [3.05, 3.63) is 95.6 Å². The molecular weight excluding hydrogens is 406 g/mol. The largest absolute Gasteiger partial charge is 0.507 e. The molecule has 1 aromatic carbocycles. The molecule has 1 aliphatic rings. The van der Waals surface area contributed by atoms with Crippen molar-refractivity contribution in [3.63, 3.8) is 0 Å². The summed E-state index contributed by atoms with van der Waals surface area (Å²) in [5.74, 6) is -1.05. The lowest BCUT2D eigenvalue weighted by atomic mass is 9.96. The van der Waals surface area contributed by atoms with Gasteiger partial charge in [-0.1, -0.05) is 25.1 Å². The van der Waals surface area contributed by atoms with Crippen LogP contribution < -0.4 is 4.74 Å². The van der Waals surface area contributed by atoms with E-state index in [0.29, 0.717) is 23.5 Å². The SMILES string of the molecule is CCCOc1cccc(C(O)=C2C(=O)C(=O)N(Cc3cccnc3)C2c2ccncc2)c1. The molecule has 1 aliphatic heterocycles. The number of amides is 1. The number of carbonyl (C=O) groups is 2. The maximum atomic E-state index is 13.1. The molecule has 1 saturated heterocycles. The molecule has 0 bridgehead atoms. The molecule has 1 amide bonds. The van der Waals surface area contributed by atoms with Crippen LogP contribution in [-0.4, -0.2) is 38.3 Å². The van der Waals surface area contributed by atoms with Crippen LogP contribution in [0, 0.1) is 0 Å². The van der Waals surface area contributed by atoms with Gasteiger partial charge in [-0.05, 0) is 47.9 Å². The number of pyridine rings is 2. The van der Waals surface area contributed by atoms with E-state index in [4.69, 9.17) is 4.74 Å². The third-order valence-corrected chi connectivity index (χ3v) is 5.22. The minimum absolute atomic E-state index is 0.0396. The lowest BCUT2D eigenvalue weighted by Gasteiger charge is -2.25. The van der Waals surface area contributed by atoms with Crippen LogP contribution in [0.25, 0.3) is 5.76 Å². The molecule has 1 fully saturated rings. The Bertz CT molecular complexity index is 1150. The van der Waals surface area contributed by atoms with Gasteiger partial charge in [0.05, 0.1) is 18.2 Å². The van der Waals surface area contributed by atoms with Gasteiger partial charge in [0.25, 0.3) is 11.7 Å². The summed E-state index contributed by atoms with van der Waals surface area (Å²) in [6.07, 6.45) is 7.33. The van der Waals surface area contributed by atoms with E-state index in [9.17, 15) is 14.7 Å². The van der Waals surface area contributed by atoms with Gasteiger partial charge in [0.1, 0.15) is 11.5 Å². The highest BCUT2D eigenvalue weighted by Gasteiger charge is 2.46. The summed E-state index contributed by atoms with van der Waals surface area (Å²) < 4.78 is 5.66. The number of ketones is 1. The number of rotatable bonds is 7. The minimum atomic E-state index is -0.751. The Morgan fingerprint density at radius 1 is 1.06 bits per heavy atom. The summed E-state index contributed by atoms with van der Waals surface area (Å²) in [7, 11) is 0. The number of hydrogen-bond acceptors (Lipinski definition) is 6. The molecule has 3 aromatic rings. The zero-order valence-corrected chi connectivity index (χ0v) is 17.6. The topological polar surface area (TPSA) is 92.6 Å². The van der Waals surface area contributed by atoms with Crippen LogP contribution in [0.15, 0.2) is 78.9 Å². The number of benzene rings is 1. The van der Waals surface area contributed by atoms with E-state index in [1.165, 1.54) is 4.90 Å². The van der Waals surface area contributed by atoms with E-state index in [2.05, 4.69) is 9.97 Å². The average Bonchev–Trinajstić information content (AvgIpc) is 3.08. The molecular formula is C25H23N3O4. The predicted octanol–water partition coefficient (Wildman–Crippen LogP) is 3.89. The maximum Gasteiger partial charge on any atom is 0.295 e. The van der Waals surface area contributed by atoms with Crippen molar-refractivity contribution in [3.8, 4) is 5.75 Å². The first-order valence-electron chi connectivity index (χ1n) is 10.4. The fourth-order valence-electron chi connectivity index (χ4n) is 3.73. The fourth-order valence-corrected chi connectivity index (χ4v) is 3.73. The number of likely N-dealkylation sites (tertiary alicyclic amines) is 1. The Balaban J connectivity index is 1.80. The molecule has 0 spiro atoms. The molecule has 1 N–H and O–H groups in total.